The highest BCUT2D eigenvalue weighted by atomic mass is 16.2. The molecule has 2 amide bonds. The molecule has 0 spiro atoms. The number of carbonyl (C=O) groups excluding carboxylic acids is 2. The normalized spacial score (nSPS) is 18.5. The fraction of sp³-hybridized carbons (Fsp3) is 0.636. The van der Waals surface area contributed by atoms with Crippen LogP contribution in [0, 0.1) is 5.92 Å². The number of amides is 2. The highest BCUT2D eigenvalue weighted by molar-refractivity contribution is 5.92. The Bertz CT molecular complexity index is 629. The van der Waals surface area contributed by atoms with Gasteiger partial charge in [0.1, 0.15) is 0 Å². The number of rotatable bonds is 6. The Morgan fingerprint density at radius 3 is 2.30 bits per heavy atom. The van der Waals surface area contributed by atoms with Crippen LogP contribution in [0.3, 0.4) is 0 Å². The summed E-state index contributed by atoms with van der Waals surface area (Å²) in [5.74, 6) is 0.833. The average Bonchev–Trinajstić information content (AvgIpc) is 3.16. The number of hydrogen-bond donors (Lipinski definition) is 1. The van der Waals surface area contributed by atoms with Crippen LogP contribution in [-0.2, 0) is 9.59 Å². The zero-order valence-electron chi connectivity index (χ0n) is 16.7. The third-order valence-electron chi connectivity index (χ3n) is 5.97. The molecule has 0 bridgehead atoms. The van der Waals surface area contributed by atoms with E-state index < -0.39 is 0 Å². The number of nitrogens with one attached hydrogen (secondary N) is 1. The topological polar surface area (TPSA) is 52.7 Å². The summed E-state index contributed by atoms with van der Waals surface area (Å²) in [7, 11) is 0. The van der Waals surface area contributed by atoms with Gasteiger partial charge in [0.05, 0.1) is 0 Å². The largest absolute Gasteiger partial charge is 0.372 e. The van der Waals surface area contributed by atoms with Crippen molar-refractivity contribution in [2.75, 3.05) is 29.4 Å². The molecule has 0 atom stereocenters. The van der Waals surface area contributed by atoms with Gasteiger partial charge in [-0.25, -0.2) is 0 Å². The van der Waals surface area contributed by atoms with Crippen LogP contribution in [0.5, 0.6) is 0 Å². The van der Waals surface area contributed by atoms with Gasteiger partial charge in [0, 0.05) is 50.4 Å². The second-order valence-corrected chi connectivity index (χ2v) is 8.16. The lowest BCUT2D eigenvalue weighted by molar-refractivity contribution is -0.121. The number of nitrogens with zero attached hydrogens (tertiary/aromatic N) is 2. The van der Waals surface area contributed by atoms with Crippen LogP contribution in [0.4, 0.5) is 11.4 Å². The summed E-state index contributed by atoms with van der Waals surface area (Å²) in [6.45, 7) is 6.49. The van der Waals surface area contributed by atoms with E-state index in [1.165, 1.54) is 31.4 Å². The minimum Gasteiger partial charge on any atom is -0.372 e. The van der Waals surface area contributed by atoms with E-state index in [9.17, 15) is 9.59 Å². The van der Waals surface area contributed by atoms with Gasteiger partial charge in [-0.1, -0.05) is 19.8 Å². The first-order valence-electron chi connectivity index (χ1n) is 10.5. The molecule has 1 heterocycles. The fourth-order valence-corrected chi connectivity index (χ4v) is 4.16. The van der Waals surface area contributed by atoms with Gasteiger partial charge in [0.25, 0.3) is 0 Å². The summed E-state index contributed by atoms with van der Waals surface area (Å²) in [6, 6.07) is 8.53. The number of anilines is 2. The molecule has 0 aromatic heterocycles. The van der Waals surface area contributed by atoms with Crippen molar-refractivity contribution < 1.29 is 9.59 Å². The van der Waals surface area contributed by atoms with Crippen LogP contribution < -0.4 is 15.1 Å². The van der Waals surface area contributed by atoms with E-state index in [1.54, 1.807) is 11.8 Å². The number of benzene rings is 1. The first kappa shape index (κ1) is 19.7. The fourth-order valence-electron chi connectivity index (χ4n) is 4.16. The maximum atomic E-state index is 12.2. The summed E-state index contributed by atoms with van der Waals surface area (Å²) in [4.78, 5) is 28.4. The van der Waals surface area contributed by atoms with Crippen LogP contribution >= 0.6 is 0 Å². The minimum atomic E-state index is -0.0248. The maximum Gasteiger partial charge on any atom is 0.223 e. The predicted octanol–water partition coefficient (Wildman–Crippen LogP) is 3.72. The van der Waals surface area contributed by atoms with Gasteiger partial charge in [-0.15, -0.1) is 0 Å². The SMILES string of the molecule is CC(=O)N(CCC(=O)NC1CCCC1)c1ccc(N2CCC(C)CC2)cc1. The molecule has 27 heavy (non-hydrogen) atoms. The van der Waals surface area contributed by atoms with Crippen molar-refractivity contribution in [3.05, 3.63) is 24.3 Å². The van der Waals surface area contributed by atoms with Crippen molar-refractivity contribution in [2.24, 2.45) is 5.92 Å². The summed E-state index contributed by atoms with van der Waals surface area (Å²) in [6.07, 6.45) is 7.38. The summed E-state index contributed by atoms with van der Waals surface area (Å²) in [5.41, 5.74) is 2.08. The Morgan fingerprint density at radius 2 is 1.70 bits per heavy atom. The average molecular weight is 372 g/mol. The van der Waals surface area contributed by atoms with E-state index in [2.05, 4.69) is 29.3 Å². The van der Waals surface area contributed by atoms with Gasteiger partial charge in [0.15, 0.2) is 0 Å². The molecular formula is C22H33N3O2. The van der Waals surface area contributed by atoms with E-state index >= 15 is 0 Å². The molecule has 0 radical (unpaired) electrons. The Kier molecular flexibility index (Phi) is 6.75. The molecule has 1 aromatic rings. The van der Waals surface area contributed by atoms with E-state index in [4.69, 9.17) is 0 Å². The third-order valence-corrected chi connectivity index (χ3v) is 5.97. The van der Waals surface area contributed by atoms with E-state index in [1.807, 2.05) is 12.1 Å². The third kappa shape index (κ3) is 5.47. The second kappa shape index (κ2) is 9.25. The van der Waals surface area contributed by atoms with E-state index in [0.717, 1.165) is 37.5 Å². The summed E-state index contributed by atoms with van der Waals surface area (Å²) >= 11 is 0. The molecule has 3 rings (SSSR count). The van der Waals surface area contributed by atoms with Gasteiger partial charge >= 0.3 is 0 Å². The lowest BCUT2D eigenvalue weighted by Crippen LogP contribution is -2.37. The quantitative estimate of drug-likeness (QED) is 0.829. The molecule has 1 aliphatic heterocycles. The molecule has 2 fully saturated rings. The number of carbonyl (C=O) groups is 2. The minimum absolute atomic E-state index is 0.0248. The lowest BCUT2D eigenvalue weighted by Gasteiger charge is -2.32. The molecular weight excluding hydrogens is 338 g/mol. The van der Waals surface area contributed by atoms with Crippen molar-refractivity contribution in [3.63, 3.8) is 0 Å². The molecule has 1 N–H and O–H groups in total. The van der Waals surface area contributed by atoms with Gasteiger partial charge in [-0.3, -0.25) is 9.59 Å². The molecule has 148 valence electrons. The molecule has 1 saturated heterocycles. The summed E-state index contributed by atoms with van der Waals surface area (Å²) < 4.78 is 0. The van der Waals surface area contributed by atoms with E-state index in [-0.39, 0.29) is 11.8 Å². The number of piperidine rings is 1. The van der Waals surface area contributed by atoms with Crippen molar-refractivity contribution >= 4 is 23.2 Å². The molecule has 1 aromatic carbocycles. The Hall–Kier alpha value is -2.04. The Morgan fingerprint density at radius 1 is 1.07 bits per heavy atom. The molecule has 1 saturated carbocycles. The Balaban J connectivity index is 1.55. The van der Waals surface area contributed by atoms with Crippen LogP contribution in [-0.4, -0.2) is 37.5 Å². The zero-order valence-corrected chi connectivity index (χ0v) is 16.7. The highest BCUT2D eigenvalue weighted by Gasteiger charge is 2.20. The first-order chi connectivity index (χ1) is 13.0. The van der Waals surface area contributed by atoms with Crippen LogP contribution in [0.1, 0.15) is 58.8 Å². The van der Waals surface area contributed by atoms with Gasteiger partial charge < -0.3 is 15.1 Å². The van der Waals surface area contributed by atoms with Crippen molar-refractivity contribution in [1.82, 2.24) is 5.32 Å². The van der Waals surface area contributed by atoms with Crippen LogP contribution in [0.25, 0.3) is 0 Å². The molecule has 2 aliphatic rings. The maximum absolute atomic E-state index is 12.2. The monoisotopic (exact) mass is 371 g/mol. The first-order valence-corrected chi connectivity index (χ1v) is 10.5. The molecule has 0 unspecified atom stereocenters. The highest BCUT2D eigenvalue weighted by Crippen LogP contribution is 2.26. The summed E-state index contributed by atoms with van der Waals surface area (Å²) in [5, 5.41) is 3.10. The standard InChI is InChI=1S/C22H33N3O2/c1-17-11-14-24(15-12-17)20-7-9-21(10-8-20)25(18(2)26)16-13-22(27)23-19-5-3-4-6-19/h7-10,17,19H,3-6,11-16H2,1-2H3,(H,23,27). The molecule has 1 aliphatic carbocycles. The van der Waals surface area contributed by atoms with Crippen molar-refractivity contribution in [3.8, 4) is 0 Å². The second-order valence-electron chi connectivity index (χ2n) is 8.16. The van der Waals surface area contributed by atoms with Gasteiger partial charge in [0.2, 0.25) is 11.8 Å². The van der Waals surface area contributed by atoms with Crippen LogP contribution in [0.2, 0.25) is 0 Å². The zero-order chi connectivity index (χ0) is 19.2. The van der Waals surface area contributed by atoms with Gasteiger partial charge in [-0.2, -0.15) is 0 Å². The Labute approximate surface area is 163 Å². The number of hydrogen-bond acceptors (Lipinski definition) is 3. The molecule has 5 nitrogen and oxygen atoms in total. The lowest BCUT2D eigenvalue weighted by atomic mass is 9.99. The van der Waals surface area contributed by atoms with Crippen LogP contribution in [0.15, 0.2) is 24.3 Å². The van der Waals surface area contributed by atoms with Gasteiger partial charge in [-0.05, 0) is 55.9 Å². The van der Waals surface area contributed by atoms with E-state index in [0.29, 0.717) is 19.0 Å². The molecule has 5 heteroatoms. The van der Waals surface area contributed by atoms with Crippen molar-refractivity contribution in [1.29, 1.82) is 0 Å². The van der Waals surface area contributed by atoms with Crippen molar-refractivity contribution in [2.45, 2.75) is 64.8 Å². The predicted molar refractivity (Wildman–Crippen MR) is 110 cm³/mol. The smallest absolute Gasteiger partial charge is 0.223 e.